The van der Waals surface area contributed by atoms with Crippen molar-refractivity contribution in [2.24, 2.45) is 5.92 Å². The van der Waals surface area contributed by atoms with Crippen molar-refractivity contribution in [1.82, 2.24) is 5.32 Å². The minimum atomic E-state index is -1.21. The summed E-state index contributed by atoms with van der Waals surface area (Å²) in [6.07, 6.45) is 0.842. The van der Waals surface area contributed by atoms with Crippen LogP contribution in [0.1, 0.15) is 30.6 Å². The summed E-state index contributed by atoms with van der Waals surface area (Å²) in [7, 11) is 0. The summed E-state index contributed by atoms with van der Waals surface area (Å²) in [6.45, 7) is 4.61. The highest BCUT2D eigenvalue weighted by Crippen LogP contribution is 2.21. The second kappa shape index (κ2) is 6.63. The van der Waals surface area contributed by atoms with Crippen molar-refractivity contribution in [3.05, 3.63) is 23.8 Å². The third kappa shape index (κ3) is 4.87. The molecule has 0 spiro atoms. The van der Waals surface area contributed by atoms with Gasteiger partial charge in [0.15, 0.2) is 0 Å². The topological polar surface area (TPSA) is 98.7 Å². The number of carbonyl (C=O) groups is 2. The third-order valence-corrected chi connectivity index (χ3v) is 2.49. The molecule has 0 aliphatic rings. The monoisotopic (exact) mass is 266 g/mol. The van der Waals surface area contributed by atoms with Crippen LogP contribution < -0.4 is 10.6 Å². The minimum absolute atomic E-state index is 0.146. The first-order valence-electron chi connectivity index (χ1n) is 6.01. The van der Waals surface area contributed by atoms with Crippen LogP contribution in [0.2, 0.25) is 0 Å². The average Bonchev–Trinajstić information content (AvgIpc) is 2.30. The summed E-state index contributed by atoms with van der Waals surface area (Å²) in [5.74, 6) is -0.903. The number of phenolic OH excluding ortho intramolecular Hbond substituents is 1. The van der Waals surface area contributed by atoms with Crippen LogP contribution in [0.5, 0.6) is 5.75 Å². The number of urea groups is 1. The van der Waals surface area contributed by atoms with E-state index < -0.39 is 12.0 Å². The summed E-state index contributed by atoms with van der Waals surface area (Å²) >= 11 is 0. The van der Waals surface area contributed by atoms with E-state index in [9.17, 15) is 14.7 Å². The maximum Gasteiger partial charge on any atom is 0.337 e. The van der Waals surface area contributed by atoms with E-state index in [0.29, 0.717) is 12.5 Å². The maximum atomic E-state index is 11.6. The van der Waals surface area contributed by atoms with Gasteiger partial charge in [0.2, 0.25) is 0 Å². The molecule has 0 bridgehead atoms. The number of aromatic hydroxyl groups is 1. The molecule has 0 aliphatic carbocycles. The van der Waals surface area contributed by atoms with E-state index in [2.05, 4.69) is 10.6 Å². The zero-order valence-electron chi connectivity index (χ0n) is 10.9. The van der Waals surface area contributed by atoms with Gasteiger partial charge < -0.3 is 20.8 Å². The first kappa shape index (κ1) is 14.8. The Morgan fingerprint density at radius 3 is 2.58 bits per heavy atom. The van der Waals surface area contributed by atoms with E-state index >= 15 is 0 Å². The van der Waals surface area contributed by atoms with E-state index in [0.717, 1.165) is 12.5 Å². The van der Waals surface area contributed by atoms with Crippen LogP contribution in [0.25, 0.3) is 0 Å². The smallest absolute Gasteiger partial charge is 0.337 e. The van der Waals surface area contributed by atoms with E-state index in [1.54, 1.807) is 0 Å². The number of nitrogens with one attached hydrogen (secondary N) is 2. The van der Waals surface area contributed by atoms with Crippen molar-refractivity contribution in [2.45, 2.75) is 20.3 Å². The predicted octanol–water partition coefficient (Wildman–Crippen LogP) is 2.26. The summed E-state index contributed by atoms with van der Waals surface area (Å²) in [5.41, 5.74) is -0.00800. The fourth-order valence-electron chi connectivity index (χ4n) is 1.46. The van der Waals surface area contributed by atoms with Crippen LogP contribution in [-0.4, -0.2) is 28.8 Å². The predicted molar refractivity (Wildman–Crippen MR) is 71.5 cm³/mol. The molecule has 6 nitrogen and oxygen atoms in total. The largest absolute Gasteiger partial charge is 0.508 e. The Morgan fingerprint density at radius 2 is 2.00 bits per heavy atom. The zero-order valence-corrected chi connectivity index (χ0v) is 10.9. The normalized spacial score (nSPS) is 10.3. The van der Waals surface area contributed by atoms with Crippen molar-refractivity contribution in [3.8, 4) is 5.75 Å². The number of benzene rings is 1. The highest BCUT2D eigenvalue weighted by atomic mass is 16.4. The number of phenols is 1. The summed E-state index contributed by atoms with van der Waals surface area (Å²) in [6, 6.07) is 3.29. The highest BCUT2D eigenvalue weighted by molar-refractivity contribution is 6.00. The minimum Gasteiger partial charge on any atom is -0.508 e. The van der Waals surface area contributed by atoms with Gasteiger partial charge in [-0.05, 0) is 30.5 Å². The molecule has 0 saturated heterocycles. The van der Waals surface area contributed by atoms with Crippen LogP contribution in [0, 0.1) is 5.92 Å². The number of carboxylic acids is 1. The Balaban J connectivity index is 2.66. The van der Waals surface area contributed by atoms with Gasteiger partial charge in [-0.3, -0.25) is 0 Å². The molecular weight excluding hydrogens is 248 g/mol. The first-order chi connectivity index (χ1) is 8.90. The van der Waals surface area contributed by atoms with Crippen LogP contribution in [0.15, 0.2) is 18.2 Å². The lowest BCUT2D eigenvalue weighted by Gasteiger charge is -2.11. The van der Waals surface area contributed by atoms with Gasteiger partial charge in [0.05, 0.1) is 11.3 Å². The Morgan fingerprint density at radius 1 is 1.32 bits per heavy atom. The van der Waals surface area contributed by atoms with Gasteiger partial charge >= 0.3 is 12.0 Å². The van der Waals surface area contributed by atoms with Crippen molar-refractivity contribution in [1.29, 1.82) is 0 Å². The Kier molecular flexibility index (Phi) is 5.17. The van der Waals surface area contributed by atoms with Gasteiger partial charge in [-0.15, -0.1) is 0 Å². The molecule has 0 atom stereocenters. The first-order valence-corrected chi connectivity index (χ1v) is 6.01. The summed E-state index contributed by atoms with van der Waals surface area (Å²) < 4.78 is 0. The fourth-order valence-corrected chi connectivity index (χ4v) is 1.46. The van der Waals surface area contributed by atoms with Gasteiger partial charge in [-0.2, -0.15) is 0 Å². The number of amides is 2. The van der Waals surface area contributed by atoms with Crippen LogP contribution >= 0.6 is 0 Å². The average molecular weight is 266 g/mol. The SMILES string of the molecule is CC(C)CCNC(=O)Nc1ccc(O)cc1C(=O)O. The number of rotatable bonds is 5. The number of hydrogen-bond acceptors (Lipinski definition) is 3. The molecule has 0 heterocycles. The molecule has 0 fully saturated rings. The molecule has 6 heteroatoms. The Labute approximate surface area is 111 Å². The maximum absolute atomic E-state index is 11.6. The Hall–Kier alpha value is -2.24. The molecule has 0 unspecified atom stereocenters. The molecule has 0 aromatic heterocycles. The second-order valence-corrected chi connectivity index (χ2v) is 4.60. The molecule has 4 N–H and O–H groups in total. The number of aromatic carboxylic acids is 1. The molecule has 1 rings (SSSR count). The van der Waals surface area contributed by atoms with E-state index in [4.69, 9.17) is 5.11 Å². The number of carboxylic acid groups (broad SMARTS) is 1. The zero-order chi connectivity index (χ0) is 14.4. The lowest BCUT2D eigenvalue weighted by Crippen LogP contribution is -2.30. The lowest BCUT2D eigenvalue weighted by atomic mass is 10.1. The molecule has 1 aromatic carbocycles. The standard InChI is InChI=1S/C13H18N2O4/c1-8(2)5-6-14-13(19)15-11-4-3-9(16)7-10(11)12(17)18/h3-4,7-8,16H,5-6H2,1-2H3,(H,17,18)(H2,14,15,19). The molecule has 1 aromatic rings. The molecule has 0 aliphatic heterocycles. The van der Waals surface area contributed by atoms with E-state index in [1.807, 2.05) is 13.8 Å². The summed E-state index contributed by atoms with van der Waals surface area (Å²) in [5, 5.41) is 23.3. The van der Waals surface area contributed by atoms with Gasteiger partial charge in [-0.1, -0.05) is 13.8 Å². The number of anilines is 1. The summed E-state index contributed by atoms with van der Waals surface area (Å²) in [4.78, 5) is 22.6. The lowest BCUT2D eigenvalue weighted by molar-refractivity contribution is 0.0697. The molecule has 19 heavy (non-hydrogen) atoms. The third-order valence-electron chi connectivity index (χ3n) is 2.49. The van der Waals surface area contributed by atoms with Gasteiger partial charge in [0.25, 0.3) is 0 Å². The van der Waals surface area contributed by atoms with Crippen molar-refractivity contribution < 1.29 is 19.8 Å². The molecule has 0 saturated carbocycles. The second-order valence-electron chi connectivity index (χ2n) is 4.60. The molecular formula is C13H18N2O4. The molecule has 2 amide bonds. The molecule has 104 valence electrons. The Bertz CT molecular complexity index is 472. The number of carbonyl (C=O) groups excluding carboxylic acids is 1. The van der Waals surface area contributed by atoms with Crippen LogP contribution in [0.3, 0.4) is 0 Å². The van der Waals surface area contributed by atoms with Crippen LogP contribution in [-0.2, 0) is 0 Å². The molecule has 0 radical (unpaired) electrons. The van der Waals surface area contributed by atoms with Crippen LogP contribution in [0.4, 0.5) is 10.5 Å². The van der Waals surface area contributed by atoms with Gasteiger partial charge in [0, 0.05) is 6.54 Å². The van der Waals surface area contributed by atoms with E-state index in [-0.39, 0.29) is 17.0 Å². The van der Waals surface area contributed by atoms with Crippen molar-refractivity contribution >= 4 is 17.7 Å². The highest BCUT2D eigenvalue weighted by Gasteiger charge is 2.13. The van der Waals surface area contributed by atoms with Crippen molar-refractivity contribution in [3.63, 3.8) is 0 Å². The quantitative estimate of drug-likeness (QED) is 0.614. The van der Waals surface area contributed by atoms with E-state index in [1.165, 1.54) is 12.1 Å². The van der Waals surface area contributed by atoms with Crippen molar-refractivity contribution in [2.75, 3.05) is 11.9 Å². The van der Waals surface area contributed by atoms with Gasteiger partial charge in [-0.25, -0.2) is 9.59 Å². The van der Waals surface area contributed by atoms with Gasteiger partial charge in [0.1, 0.15) is 5.75 Å². The fraction of sp³-hybridized carbons (Fsp3) is 0.385. The number of hydrogen-bond donors (Lipinski definition) is 4.